The van der Waals surface area contributed by atoms with Crippen molar-refractivity contribution in [2.75, 3.05) is 7.05 Å². The smallest absolute Gasteiger partial charge is 0.416 e. The van der Waals surface area contributed by atoms with Crippen molar-refractivity contribution in [1.82, 2.24) is 5.32 Å². The molecule has 0 aliphatic heterocycles. The first-order valence-electron chi connectivity index (χ1n) is 4.82. The third-order valence-electron chi connectivity index (χ3n) is 2.70. The maximum absolute atomic E-state index is 12.8. The molecule has 2 N–H and O–H groups in total. The van der Waals surface area contributed by atoms with Crippen LogP contribution < -0.4 is 5.32 Å². The number of alkyl halides is 3. The van der Waals surface area contributed by atoms with Crippen molar-refractivity contribution in [3.63, 3.8) is 0 Å². The highest BCUT2D eigenvalue weighted by Gasteiger charge is 2.42. The number of likely N-dealkylation sites (N-methyl/N-ethyl adjacent to an activating group) is 1. The van der Waals surface area contributed by atoms with Crippen LogP contribution in [0.5, 0.6) is 0 Å². The van der Waals surface area contributed by atoms with E-state index in [2.05, 4.69) is 5.32 Å². The summed E-state index contributed by atoms with van der Waals surface area (Å²) in [5.74, 6) is -1.36. The van der Waals surface area contributed by atoms with Gasteiger partial charge in [-0.2, -0.15) is 13.2 Å². The van der Waals surface area contributed by atoms with Gasteiger partial charge in [0.05, 0.1) is 5.56 Å². The van der Waals surface area contributed by atoms with E-state index in [4.69, 9.17) is 5.11 Å². The van der Waals surface area contributed by atoms with Crippen LogP contribution in [0.4, 0.5) is 13.2 Å². The van der Waals surface area contributed by atoms with Gasteiger partial charge in [0.25, 0.3) is 0 Å². The van der Waals surface area contributed by atoms with Crippen LogP contribution in [0.3, 0.4) is 0 Å². The summed E-state index contributed by atoms with van der Waals surface area (Å²) >= 11 is 0. The molecule has 1 aromatic rings. The lowest BCUT2D eigenvalue weighted by molar-refractivity contribution is -0.146. The highest BCUT2D eigenvalue weighted by Crippen LogP contribution is 2.36. The van der Waals surface area contributed by atoms with E-state index in [0.29, 0.717) is 0 Å². The fraction of sp³-hybridized carbons (Fsp3) is 0.364. The molecule has 0 aromatic heterocycles. The van der Waals surface area contributed by atoms with Gasteiger partial charge in [-0.05, 0) is 25.6 Å². The first-order chi connectivity index (χ1) is 7.73. The van der Waals surface area contributed by atoms with Gasteiger partial charge >= 0.3 is 12.1 Å². The second-order valence-corrected chi connectivity index (χ2v) is 3.72. The molecule has 94 valence electrons. The molecule has 0 aliphatic carbocycles. The second-order valence-electron chi connectivity index (χ2n) is 3.72. The first kappa shape index (κ1) is 13.5. The van der Waals surface area contributed by atoms with Gasteiger partial charge in [-0.15, -0.1) is 0 Å². The standard InChI is InChI=1S/C11H12F3NO2/c1-10(15-2,9(16)17)7-5-3-4-6-8(7)11(12,13)14/h3-6,15H,1-2H3,(H,16,17)/t10-/m1/s1. The summed E-state index contributed by atoms with van der Waals surface area (Å²) in [6.45, 7) is 1.19. The van der Waals surface area contributed by atoms with E-state index < -0.39 is 23.2 Å². The molecule has 0 fully saturated rings. The molecule has 0 saturated heterocycles. The van der Waals surface area contributed by atoms with E-state index in [1.807, 2.05) is 0 Å². The van der Waals surface area contributed by atoms with Crippen molar-refractivity contribution in [3.8, 4) is 0 Å². The number of carbonyl (C=O) groups is 1. The lowest BCUT2D eigenvalue weighted by Crippen LogP contribution is -2.45. The first-order valence-corrected chi connectivity index (χ1v) is 4.82. The largest absolute Gasteiger partial charge is 0.480 e. The average molecular weight is 247 g/mol. The maximum Gasteiger partial charge on any atom is 0.416 e. The quantitative estimate of drug-likeness (QED) is 0.861. The number of halogens is 3. The number of hydrogen-bond acceptors (Lipinski definition) is 2. The Hall–Kier alpha value is -1.56. The zero-order valence-corrected chi connectivity index (χ0v) is 9.30. The van der Waals surface area contributed by atoms with Crippen LogP contribution >= 0.6 is 0 Å². The topological polar surface area (TPSA) is 49.3 Å². The minimum Gasteiger partial charge on any atom is -0.480 e. The molecule has 0 radical (unpaired) electrons. The summed E-state index contributed by atoms with van der Waals surface area (Å²) in [6, 6.07) is 4.63. The number of carboxylic acid groups (broad SMARTS) is 1. The number of hydrogen-bond donors (Lipinski definition) is 2. The minimum absolute atomic E-state index is 0.303. The number of carboxylic acids is 1. The van der Waals surface area contributed by atoms with E-state index in [-0.39, 0.29) is 5.56 Å². The Balaban J connectivity index is 3.46. The predicted molar refractivity (Wildman–Crippen MR) is 55.5 cm³/mol. The van der Waals surface area contributed by atoms with Crippen molar-refractivity contribution < 1.29 is 23.1 Å². The third-order valence-corrected chi connectivity index (χ3v) is 2.70. The van der Waals surface area contributed by atoms with Crippen molar-refractivity contribution in [3.05, 3.63) is 35.4 Å². The zero-order valence-electron chi connectivity index (χ0n) is 9.30. The zero-order chi connectivity index (χ0) is 13.3. The summed E-state index contributed by atoms with van der Waals surface area (Å²) in [7, 11) is 1.31. The lowest BCUT2D eigenvalue weighted by Gasteiger charge is -2.27. The van der Waals surface area contributed by atoms with Crippen LogP contribution in [-0.4, -0.2) is 18.1 Å². The summed E-state index contributed by atoms with van der Waals surface area (Å²) in [6.07, 6.45) is -4.58. The Morgan fingerprint density at radius 2 is 1.71 bits per heavy atom. The number of nitrogens with one attached hydrogen (secondary N) is 1. The van der Waals surface area contributed by atoms with Crippen molar-refractivity contribution in [2.45, 2.75) is 18.6 Å². The fourth-order valence-corrected chi connectivity index (χ4v) is 1.52. The molecule has 0 heterocycles. The molecule has 17 heavy (non-hydrogen) atoms. The van der Waals surface area contributed by atoms with Crippen LogP contribution in [0.25, 0.3) is 0 Å². The van der Waals surface area contributed by atoms with E-state index in [9.17, 15) is 18.0 Å². The summed E-state index contributed by atoms with van der Waals surface area (Å²) < 4.78 is 38.3. The van der Waals surface area contributed by atoms with E-state index in [0.717, 1.165) is 12.1 Å². The molecule has 0 amide bonds. The van der Waals surface area contributed by atoms with Gasteiger partial charge in [0.15, 0.2) is 0 Å². The van der Waals surface area contributed by atoms with Crippen LogP contribution in [0.1, 0.15) is 18.1 Å². The number of aliphatic carboxylic acids is 1. The molecular weight excluding hydrogens is 235 g/mol. The minimum atomic E-state index is -4.58. The highest BCUT2D eigenvalue weighted by molar-refractivity contribution is 5.80. The van der Waals surface area contributed by atoms with E-state index in [1.165, 1.54) is 26.1 Å². The third kappa shape index (κ3) is 2.41. The normalized spacial score (nSPS) is 15.4. The van der Waals surface area contributed by atoms with Crippen LogP contribution in [0, 0.1) is 0 Å². The predicted octanol–water partition coefficient (Wildman–Crippen LogP) is 2.22. The van der Waals surface area contributed by atoms with Crippen molar-refractivity contribution >= 4 is 5.97 Å². The average Bonchev–Trinajstić information content (AvgIpc) is 2.26. The molecule has 1 aromatic carbocycles. The Morgan fingerprint density at radius 1 is 1.24 bits per heavy atom. The second kappa shape index (κ2) is 4.37. The van der Waals surface area contributed by atoms with Gasteiger partial charge in [0.1, 0.15) is 5.54 Å². The van der Waals surface area contributed by atoms with E-state index in [1.54, 1.807) is 0 Å². The van der Waals surface area contributed by atoms with E-state index >= 15 is 0 Å². The van der Waals surface area contributed by atoms with Crippen LogP contribution in [0.15, 0.2) is 24.3 Å². The molecule has 1 rings (SSSR count). The Kier molecular flexibility index (Phi) is 3.47. The van der Waals surface area contributed by atoms with Crippen LogP contribution in [-0.2, 0) is 16.5 Å². The molecular formula is C11H12F3NO2. The molecule has 0 unspecified atom stereocenters. The van der Waals surface area contributed by atoms with Gasteiger partial charge < -0.3 is 10.4 Å². The van der Waals surface area contributed by atoms with Crippen molar-refractivity contribution in [2.24, 2.45) is 0 Å². The highest BCUT2D eigenvalue weighted by atomic mass is 19.4. The molecule has 0 spiro atoms. The molecule has 0 aliphatic rings. The van der Waals surface area contributed by atoms with Crippen LogP contribution in [0.2, 0.25) is 0 Å². The SMILES string of the molecule is CN[C@@](C)(C(=O)O)c1ccccc1C(F)(F)F. The maximum atomic E-state index is 12.8. The van der Waals surface area contributed by atoms with Gasteiger partial charge in [-0.25, -0.2) is 4.79 Å². The summed E-state index contributed by atoms with van der Waals surface area (Å²) in [5, 5.41) is 11.5. The summed E-state index contributed by atoms with van der Waals surface area (Å²) in [5.41, 5.74) is -3.02. The lowest BCUT2D eigenvalue weighted by atomic mass is 9.88. The molecule has 6 heteroatoms. The fourth-order valence-electron chi connectivity index (χ4n) is 1.52. The Labute approximate surface area is 96.3 Å². The van der Waals surface area contributed by atoms with Gasteiger partial charge in [0.2, 0.25) is 0 Å². The summed E-state index contributed by atoms with van der Waals surface area (Å²) in [4.78, 5) is 11.1. The number of benzene rings is 1. The Morgan fingerprint density at radius 3 is 2.06 bits per heavy atom. The molecule has 0 bridgehead atoms. The Bertz CT molecular complexity index is 431. The van der Waals surface area contributed by atoms with Crippen molar-refractivity contribution in [1.29, 1.82) is 0 Å². The molecule has 1 atom stereocenters. The van der Waals surface area contributed by atoms with Gasteiger partial charge in [0, 0.05) is 0 Å². The monoisotopic (exact) mass is 247 g/mol. The van der Waals surface area contributed by atoms with Gasteiger partial charge in [-0.1, -0.05) is 18.2 Å². The molecule has 0 saturated carbocycles. The molecule has 3 nitrogen and oxygen atoms in total. The van der Waals surface area contributed by atoms with Gasteiger partial charge in [-0.3, -0.25) is 0 Å². The number of rotatable bonds is 3.